The van der Waals surface area contributed by atoms with Gasteiger partial charge in [-0.05, 0) is 43.7 Å². The summed E-state index contributed by atoms with van der Waals surface area (Å²) in [5, 5.41) is 2.83. The number of carbonyl (C=O) groups is 1. The van der Waals surface area contributed by atoms with Gasteiger partial charge in [-0.2, -0.15) is 0 Å². The van der Waals surface area contributed by atoms with Gasteiger partial charge in [0.05, 0.1) is 0 Å². The normalized spacial score (nSPS) is 10.1. The third-order valence-electron chi connectivity index (χ3n) is 2.51. The SMILES string of the molecule is Cc1cccc(NC(=O)c2cc(C)nc(N)c2)c1. The molecule has 0 unspecified atom stereocenters. The highest BCUT2D eigenvalue weighted by atomic mass is 16.1. The second-order valence-electron chi connectivity index (χ2n) is 4.25. The molecule has 4 nitrogen and oxygen atoms in total. The highest BCUT2D eigenvalue weighted by Gasteiger charge is 2.08. The molecule has 0 radical (unpaired) electrons. The molecule has 0 bridgehead atoms. The topological polar surface area (TPSA) is 68.0 Å². The molecule has 0 aliphatic rings. The fourth-order valence-electron chi connectivity index (χ4n) is 1.75. The molecule has 2 rings (SSSR count). The van der Waals surface area contributed by atoms with Gasteiger partial charge >= 0.3 is 0 Å². The third kappa shape index (κ3) is 2.85. The minimum absolute atomic E-state index is 0.183. The first-order valence-corrected chi connectivity index (χ1v) is 5.67. The van der Waals surface area contributed by atoms with Crippen LogP contribution < -0.4 is 11.1 Å². The van der Waals surface area contributed by atoms with Crippen LogP contribution in [0.3, 0.4) is 0 Å². The predicted octanol–water partition coefficient (Wildman–Crippen LogP) is 2.53. The van der Waals surface area contributed by atoms with Gasteiger partial charge in [-0.3, -0.25) is 4.79 Å². The number of nitrogens with two attached hydrogens (primary N) is 1. The lowest BCUT2D eigenvalue weighted by Gasteiger charge is -2.07. The van der Waals surface area contributed by atoms with E-state index in [9.17, 15) is 4.79 Å². The average molecular weight is 241 g/mol. The average Bonchev–Trinajstić information content (AvgIpc) is 2.27. The van der Waals surface area contributed by atoms with E-state index in [0.29, 0.717) is 11.4 Å². The molecule has 18 heavy (non-hydrogen) atoms. The number of nitrogens with zero attached hydrogens (tertiary/aromatic N) is 1. The number of aromatic nitrogens is 1. The zero-order chi connectivity index (χ0) is 13.1. The van der Waals surface area contributed by atoms with Gasteiger partial charge in [0.15, 0.2) is 0 Å². The number of pyridine rings is 1. The molecular weight excluding hydrogens is 226 g/mol. The minimum atomic E-state index is -0.183. The van der Waals surface area contributed by atoms with Crippen molar-refractivity contribution in [2.75, 3.05) is 11.1 Å². The summed E-state index contributed by atoms with van der Waals surface area (Å²) < 4.78 is 0. The molecule has 0 saturated heterocycles. The quantitative estimate of drug-likeness (QED) is 0.849. The highest BCUT2D eigenvalue weighted by Crippen LogP contribution is 2.13. The maximum absolute atomic E-state index is 12.0. The number of hydrogen-bond acceptors (Lipinski definition) is 3. The molecular formula is C14H15N3O. The van der Waals surface area contributed by atoms with E-state index in [1.165, 1.54) is 0 Å². The van der Waals surface area contributed by atoms with Crippen molar-refractivity contribution in [1.82, 2.24) is 4.98 Å². The van der Waals surface area contributed by atoms with E-state index in [0.717, 1.165) is 16.9 Å². The molecule has 2 aromatic rings. The lowest BCUT2D eigenvalue weighted by atomic mass is 10.2. The number of amides is 1. The fraction of sp³-hybridized carbons (Fsp3) is 0.143. The number of nitrogens with one attached hydrogen (secondary N) is 1. The van der Waals surface area contributed by atoms with E-state index < -0.39 is 0 Å². The van der Waals surface area contributed by atoms with Gasteiger partial charge in [-0.15, -0.1) is 0 Å². The molecule has 3 N–H and O–H groups in total. The van der Waals surface area contributed by atoms with E-state index in [-0.39, 0.29) is 5.91 Å². The molecule has 0 spiro atoms. The lowest BCUT2D eigenvalue weighted by Crippen LogP contribution is -2.13. The summed E-state index contributed by atoms with van der Waals surface area (Å²) in [6.45, 7) is 3.78. The van der Waals surface area contributed by atoms with Crippen molar-refractivity contribution < 1.29 is 4.79 Å². The number of rotatable bonds is 2. The molecule has 0 atom stereocenters. The standard InChI is InChI=1S/C14H15N3O/c1-9-4-3-5-12(6-9)17-14(18)11-7-10(2)16-13(15)8-11/h3-8H,1-2H3,(H2,15,16)(H,17,18). The Hall–Kier alpha value is -2.36. The number of hydrogen-bond donors (Lipinski definition) is 2. The van der Waals surface area contributed by atoms with Crippen molar-refractivity contribution in [3.05, 3.63) is 53.2 Å². The molecule has 0 fully saturated rings. The molecule has 1 aromatic carbocycles. The highest BCUT2D eigenvalue weighted by molar-refractivity contribution is 6.04. The molecule has 1 aromatic heterocycles. The third-order valence-corrected chi connectivity index (χ3v) is 2.51. The van der Waals surface area contributed by atoms with E-state index in [4.69, 9.17) is 5.73 Å². The number of anilines is 2. The second kappa shape index (κ2) is 4.87. The number of aryl methyl sites for hydroxylation is 2. The van der Waals surface area contributed by atoms with E-state index in [1.54, 1.807) is 19.1 Å². The van der Waals surface area contributed by atoms with Gasteiger partial charge in [0, 0.05) is 16.9 Å². The smallest absolute Gasteiger partial charge is 0.255 e. The zero-order valence-corrected chi connectivity index (χ0v) is 10.4. The Morgan fingerprint density at radius 2 is 2.00 bits per heavy atom. The van der Waals surface area contributed by atoms with Gasteiger partial charge in [-0.25, -0.2) is 4.98 Å². The van der Waals surface area contributed by atoms with Gasteiger partial charge in [0.25, 0.3) is 5.91 Å². The maximum Gasteiger partial charge on any atom is 0.255 e. The first-order chi connectivity index (χ1) is 8.54. The summed E-state index contributed by atoms with van der Waals surface area (Å²) in [4.78, 5) is 16.1. The molecule has 0 saturated carbocycles. The lowest BCUT2D eigenvalue weighted by molar-refractivity contribution is 0.102. The van der Waals surface area contributed by atoms with Crippen LogP contribution in [-0.4, -0.2) is 10.9 Å². The Morgan fingerprint density at radius 1 is 1.22 bits per heavy atom. The largest absolute Gasteiger partial charge is 0.384 e. The monoisotopic (exact) mass is 241 g/mol. The van der Waals surface area contributed by atoms with Gasteiger partial charge < -0.3 is 11.1 Å². The van der Waals surface area contributed by atoms with Crippen molar-refractivity contribution in [2.24, 2.45) is 0 Å². The summed E-state index contributed by atoms with van der Waals surface area (Å²) in [5.74, 6) is 0.169. The van der Waals surface area contributed by atoms with E-state index in [2.05, 4.69) is 10.3 Å². The van der Waals surface area contributed by atoms with Gasteiger partial charge in [0.2, 0.25) is 0 Å². The minimum Gasteiger partial charge on any atom is -0.384 e. The van der Waals surface area contributed by atoms with Crippen molar-refractivity contribution in [1.29, 1.82) is 0 Å². The van der Waals surface area contributed by atoms with Gasteiger partial charge in [0.1, 0.15) is 5.82 Å². The fourth-order valence-corrected chi connectivity index (χ4v) is 1.75. The van der Waals surface area contributed by atoms with Crippen molar-refractivity contribution in [3.63, 3.8) is 0 Å². The summed E-state index contributed by atoms with van der Waals surface area (Å²) in [6, 6.07) is 10.9. The van der Waals surface area contributed by atoms with Crippen LogP contribution in [0.15, 0.2) is 36.4 Å². The number of carbonyl (C=O) groups excluding carboxylic acids is 1. The Balaban J connectivity index is 2.22. The van der Waals surface area contributed by atoms with Crippen molar-refractivity contribution in [3.8, 4) is 0 Å². The van der Waals surface area contributed by atoms with E-state index >= 15 is 0 Å². The van der Waals surface area contributed by atoms with Crippen molar-refractivity contribution in [2.45, 2.75) is 13.8 Å². The van der Waals surface area contributed by atoms with Crippen LogP contribution in [0.2, 0.25) is 0 Å². The summed E-state index contributed by atoms with van der Waals surface area (Å²) in [7, 11) is 0. The maximum atomic E-state index is 12.0. The molecule has 1 heterocycles. The van der Waals surface area contributed by atoms with Crippen LogP contribution in [0.4, 0.5) is 11.5 Å². The predicted molar refractivity (Wildman–Crippen MR) is 72.5 cm³/mol. The Morgan fingerprint density at radius 3 is 2.67 bits per heavy atom. The molecule has 0 aliphatic carbocycles. The van der Waals surface area contributed by atoms with Crippen LogP contribution in [0, 0.1) is 13.8 Å². The molecule has 92 valence electrons. The van der Waals surface area contributed by atoms with Crippen LogP contribution in [0.5, 0.6) is 0 Å². The van der Waals surface area contributed by atoms with E-state index in [1.807, 2.05) is 31.2 Å². The van der Waals surface area contributed by atoms with Crippen LogP contribution >= 0.6 is 0 Å². The summed E-state index contributed by atoms with van der Waals surface area (Å²) >= 11 is 0. The first kappa shape index (κ1) is 12.1. The summed E-state index contributed by atoms with van der Waals surface area (Å²) in [5.41, 5.74) is 8.73. The Labute approximate surface area is 106 Å². The van der Waals surface area contributed by atoms with Gasteiger partial charge in [-0.1, -0.05) is 12.1 Å². The first-order valence-electron chi connectivity index (χ1n) is 5.67. The van der Waals surface area contributed by atoms with Crippen molar-refractivity contribution >= 4 is 17.4 Å². The molecule has 1 amide bonds. The zero-order valence-electron chi connectivity index (χ0n) is 10.4. The van der Waals surface area contributed by atoms with Crippen LogP contribution in [0.25, 0.3) is 0 Å². The summed E-state index contributed by atoms with van der Waals surface area (Å²) in [6.07, 6.45) is 0. The Kier molecular flexibility index (Phi) is 3.28. The molecule has 4 heteroatoms. The van der Waals surface area contributed by atoms with Crippen LogP contribution in [0.1, 0.15) is 21.6 Å². The number of benzene rings is 1. The van der Waals surface area contributed by atoms with Crippen LogP contribution in [-0.2, 0) is 0 Å². The second-order valence-corrected chi connectivity index (χ2v) is 4.25. The Bertz CT molecular complexity index is 573. The number of nitrogen functional groups attached to an aromatic ring is 1. The molecule has 0 aliphatic heterocycles.